The Balaban J connectivity index is 3.04. The number of hydrogen-bond acceptors (Lipinski definition) is 0. The van der Waals surface area contributed by atoms with E-state index in [9.17, 15) is 0 Å². The van der Waals surface area contributed by atoms with Crippen LogP contribution in [0.4, 0.5) is 0 Å². The fraction of sp³-hybridized carbons (Fsp3) is 1.00. The van der Waals surface area contributed by atoms with E-state index < -0.39 is 0 Å². The van der Waals surface area contributed by atoms with E-state index in [1.165, 1.54) is 180 Å². The van der Waals surface area contributed by atoms with Crippen LogP contribution in [0, 0.1) is 5.92 Å². The summed E-state index contributed by atoms with van der Waals surface area (Å²) >= 11 is 0. The van der Waals surface area contributed by atoms with Crippen molar-refractivity contribution in [3.05, 3.63) is 0 Å². The van der Waals surface area contributed by atoms with E-state index in [2.05, 4.69) is 20.8 Å². The van der Waals surface area contributed by atoms with Crippen molar-refractivity contribution in [3.8, 4) is 0 Å². The van der Waals surface area contributed by atoms with Gasteiger partial charge in [-0.3, -0.25) is 0 Å². The first kappa shape index (κ1) is 32.0. The zero-order chi connectivity index (χ0) is 23.4. The predicted molar refractivity (Wildman–Crippen MR) is 150 cm³/mol. The number of rotatable bonds is 28. The van der Waals surface area contributed by atoms with Gasteiger partial charge in [0.1, 0.15) is 0 Å². The number of hydrogen-bond donors (Lipinski definition) is 0. The van der Waals surface area contributed by atoms with Crippen molar-refractivity contribution in [2.45, 2.75) is 201 Å². The van der Waals surface area contributed by atoms with Crippen molar-refractivity contribution in [3.63, 3.8) is 0 Å². The molecule has 0 aromatic heterocycles. The van der Waals surface area contributed by atoms with Gasteiger partial charge in [0.2, 0.25) is 0 Å². The zero-order valence-electron chi connectivity index (χ0n) is 23.4. The topological polar surface area (TPSA) is 0 Å². The van der Waals surface area contributed by atoms with Gasteiger partial charge >= 0.3 is 0 Å². The van der Waals surface area contributed by atoms with Crippen LogP contribution in [0.2, 0.25) is 0 Å². The summed E-state index contributed by atoms with van der Waals surface area (Å²) in [5, 5.41) is 0. The summed E-state index contributed by atoms with van der Waals surface area (Å²) in [7, 11) is 0. The fourth-order valence-electron chi connectivity index (χ4n) is 5.15. The smallest absolute Gasteiger partial charge is 0.0443 e. The van der Waals surface area contributed by atoms with Gasteiger partial charge in [-0.15, -0.1) is 0 Å². The molecule has 32 heavy (non-hydrogen) atoms. The SMILES string of the molecule is CCCCCCCCCCCCCCCCCCCCCCCCCC[C@H](C)CCCC. The average molecular weight is 451 g/mol. The average Bonchev–Trinajstić information content (AvgIpc) is 2.80. The van der Waals surface area contributed by atoms with Gasteiger partial charge in [0.05, 0.1) is 0 Å². The van der Waals surface area contributed by atoms with Crippen LogP contribution in [0.1, 0.15) is 201 Å². The highest BCUT2D eigenvalue weighted by molar-refractivity contribution is 4.55. The molecule has 0 radical (unpaired) electrons. The normalized spacial score (nSPS) is 12.5. The third kappa shape index (κ3) is 28.0. The summed E-state index contributed by atoms with van der Waals surface area (Å²) in [6.45, 7) is 7.07. The zero-order valence-corrected chi connectivity index (χ0v) is 23.4. The van der Waals surface area contributed by atoms with Crippen LogP contribution in [0.25, 0.3) is 0 Å². The maximum Gasteiger partial charge on any atom is -0.0443 e. The highest BCUT2D eigenvalue weighted by atomic mass is 14.1. The summed E-state index contributed by atoms with van der Waals surface area (Å²) in [4.78, 5) is 0. The first-order chi connectivity index (χ1) is 15.8. The first-order valence-corrected chi connectivity index (χ1v) is 15.8. The lowest BCUT2D eigenvalue weighted by Crippen LogP contribution is -1.94. The summed E-state index contributed by atoms with van der Waals surface area (Å²) < 4.78 is 0. The summed E-state index contributed by atoms with van der Waals surface area (Å²) in [5.74, 6) is 0.967. The minimum atomic E-state index is 0.967. The molecule has 194 valence electrons. The monoisotopic (exact) mass is 451 g/mol. The molecule has 0 N–H and O–H groups in total. The van der Waals surface area contributed by atoms with E-state index in [0.717, 1.165) is 5.92 Å². The molecule has 0 aliphatic rings. The molecule has 0 bridgehead atoms. The Hall–Kier alpha value is 0. The van der Waals surface area contributed by atoms with Crippen molar-refractivity contribution in [2.24, 2.45) is 5.92 Å². The van der Waals surface area contributed by atoms with Gasteiger partial charge in [0, 0.05) is 0 Å². The molecule has 0 aromatic carbocycles. The van der Waals surface area contributed by atoms with Gasteiger partial charge in [0.25, 0.3) is 0 Å². The van der Waals surface area contributed by atoms with E-state index in [1.807, 2.05) is 0 Å². The van der Waals surface area contributed by atoms with Crippen LogP contribution in [0.15, 0.2) is 0 Å². The van der Waals surface area contributed by atoms with Crippen LogP contribution in [0.5, 0.6) is 0 Å². The Labute approximate surface area is 206 Å². The minimum Gasteiger partial charge on any atom is -0.0654 e. The molecule has 0 fully saturated rings. The Morgan fingerprint density at radius 2 is 0.500 bits per heavy atom. The molecule has 0 nitrogen and oxygen atoms in total. The Bertz CT molecular complexity index is 307. The molecular formula is C32H66. The second-order valence-corrected chi connectivity index (χ2v) is 11.2. The molecule has 0 rings (SSSR count). The quantitative estimate of drug-likeness (QED) is 0.104. The van der Waals surface area contributed by atoms with Crippen molar-refractivity contribution in [1.82, 2.24) is 0 Å². The standard InChI is InChI=1S/C32H66/c1-4-6-8-9-10-11-12-13-14-15-16-17-18-19-20-21-22-23-24-25-26-27-28-29-31-32(3)30-7-5-2/h32H,4-31H2,1-3H3/t32-/m1/s1. The van der Waals surface area contributed by atoms with Gasteiger partial charge in [-0.2, -0.15) is 0 Å². The molecule has 0 aromatic rings. The van der Waals surface area contributed by atoms with E-state index in [-0.39, 0.29) is 0 Å². The van der Waals surface area contributed by atoms with Gasteiger partial charge in [-0.25, -0.2) is 0 Å². The summed E-state index contributed by atoms with van der Waals surface area (Å²) in [6, 6.07) is 0. The van der Waals surface area contributed by atoms with Crippen LogP contribution in [-0.4, -0.2) is 0 Å². The second kappa shape index (κ2) is 29.0. The molecule has 0 aliphatic heterocycles. The second-order valence-electron chi connectivity index (χ2n) is 11.2. The lowest BCUT2D eigenvalue weighted by atomic mass is 9.97. The van der Waals surface area contributed by atoms with E-state index >= 15 is 0 Å². The third-order valence-electron chi connectivity index (χ3n) is 7.60. The first-order valence-electron chi connectivity index (χ1n) is 15.8. The van der Waals surface area contributed by atoms with Crippen molar-refractivity contribution < 1.29 is 0 Å². The van der Waals surface area contributed by atoms with Gasteiger partial charge < -0.3 is 0 Å². The van der Waals surface area contributed by atoms with Gasteiger partial charge in [-0.1, -0.05) is 201 Å². The largest absolute Gasteiger partial charge is 0.0654 e. The molecule has 0 amide bonds. The van der Waals surface area contributed by atoms with Crippen LogP contribution in [-0.2, 0) is 0 Å². The highest BCUT2D eigenvalue weighted by Crippen LogP contribution is 2.18. The molecule has 0 aliphatic carbocycles. The Kier molecular flexibility index (Phi) is 29.0. The molecule has 0 spiro atoms. The molecular weight excluding hydrogens is 384 g/mol. The van der Waals surface area contributed by atoms with Crippen molar-refractivity contribution in [1.29, 1.82) is 0 Å². The summed E-state index contributed by atoms with van der Waals surface area (Å²) in [6.07, 6.45) is 41.3. The predicted octanol–water partition coefficient (Wildman–Crippen LogP) is 12.6. The van der Waals surface area contributed by atoms with Gasteiger partial charge in [-0.05, 0) is 5.92 Å². The lowest BCUT2D eigenvalue weighted by Gasteiger charge is -2.10. The van der Waals surface area contributed by atoms with Crippen molar-refractivity contribution in [2.75, 3.05) is 0 Å². The van der Waals surface area contributed by atoms with Gasteiger partial charge in [0.15, 0.2) is 0 Å². The van der Waals surface area contributed by atoms with Crippen LogP contribution in [0.3, 0.4) is 0 Å². The van der Waals surface area contributed by atoms with E-state index in [1.54, 1.807) is 0 Å². The molecule has 0 unspecified atom stereocenters. The Morgan fingerprint density at radius 1 is 0.281 bits per heavy atom. The Morgan fingerprint density at radius 3 is 0.781 bits per heavy atom. The maximum absolute atomic E-state index is 2.45. The van der Waals surface area contributed by atoms with E-state index in [4.69, 9.17) is 0 Å². The molecule has 1 atom stereocenters. The van der Waals surface area contributed by atoms with Crippen LogP contribution >= 0.6 is 0 Å². The fourth-order valence-corrected chi connectivity index (χ4v) is 5.15. The molecule has 0 heteroatoms. The molecule has 0 heterocycles. The third-order valence-corrected chi connectivity index (χ3v) is 7.60. The lowest BCUT2D eigenvalue weighted by molar-refractivity contribution is 0.440. The molecule has 0 saturated carbocycles. The number of unbranched alkanes of at least 4 members (excludes halogenated alkanes) is 24. The maximum atomic E-state index is 2.45. The molecule has 0 saturated heterocycles. The minimum absolute atomic E-state index is 0.967. The highest BCUT2D eigenvalue weighted by Gasteiger charge is 2.01. The van der Waals surface area contributed by atoms with Crippen LogP contribution < -0.4 is 0 Å². The summed E-state index contributed by atoms with van der Waals surface area (Å²) in [5.41, 5.74) is 0. The van der Waals surface area contributed by atoms with Crippen molar-refractivity contribution >= 4 is 0 Å². The van der Waals surface area contributed by atoms with E-state index in [0.29, 0.717) is 0 Å².